The third kappa shape index (κ3) is 3.84. The minimum absolute atomic E-state index is 0.00925. The van der Waals surface area contributed by atoms with Crippen molar-refractivity contribution in [1.29, 1.82) is 0 Å². The van der Waals surface area contributed by atoms with E-state index in [1.807, 2.05) is 64.3 Å². The highest BCUT2D eigenvalue weighted by Gasteiger charge is 2.35. The fraction of sp³-hybridized carbons (Fsp3) is 0.261. The largest absolute Gasteiger partial charge is 0.368 e. The number of rotatable bonds is 3. The Morgan fingerprint density at radius 3 is 2.45 bits per heavy atom. The van der Waals surface area contributed by atoms with Crippen LogP contribution in [-0.2, 0) is 10.0 Å². The van der Waals surface area contributed by atoms with Gasteiger partial charge in [0.1, 0.15) is 4.90 Å². The van der Waals surface area contributed by atoms with E-state index in [9.17, 15) is 13.2 Å². The van der Waals surface area contributed by atoms with E-state index in [1.54, 1.807) is 18.2 Å². The zero-order chi connectivity index (χ0) is 21.4. The van der Waals surface area contributed by atoms with Gasteiger partial charge in [0.25, 0.3) is 5.91 Å². The van der Waals surface area contributed by atoms with Gasteiger partial charge in [-0.25, -0.2) is 8.42 Å². The first-order chi connectivity index (χ1) is 15.0. The molecule has 1 fully saturated rings. The summed E-state index contributed by atoms with van der Waals surface area (Å²) in [6.45, 7) is 1.19. The van der Waals surface area contributed by atoms with Crippen LogP contribution in [-0.4, -0.2) is 43.0 Å². The molecule has 2 aromatic carbocycles. The predicted octanol–water partition coefficient (Wildman–Crippen LogP) is 3.06. The van der Waals surface area contributed by atoms with Crippen LogP contribution in [0.5, 0.6) is 0 Å². The molecule has 0 bridgehead atoms. The summed E-state index contributed by atoms with van der Waals surface area (Å²) in [5, 5.41) is 3.32. The summed E-state index contributed by atoms with van der Waals surface area (Å²) >= 11 is 0. The average Bonchev–Trinajstić information content (AvgIpc) is 3.33. The Bertz CT molecular complexity index is 1200. The molecule has 1 aromatic heterocycles. The second-order valence-corrected chi connectivity index (χ2v) is 9.69. The van der Waals surface area contributed by atoms with Gasteiger partial charge in [0, 0.05) is 36.7 Å². The van der Waals surface area contributed by atoms with Gasteiger partial charge in [0.2, 0.25) is 10.0 Å². The summed E-state index contributed by atoms with van der Waals surface area (Å²) in [5.74, 6) is 0.119. The van der Waals surface area contributed by atoms with E-state index in [0.29, 0.717) is 24.3 Å². The Balaban J connectivity index is 1.26. The van der Waals surface area contributed by atoms with Crippen molar-refractivity contribution < 1.29 is 13.2 Å². The van der Waals surface area contributed by atoms with Crippen LogP contribution >= 0.6 is 0 Å². The second kappa shape index (κ2) is 7.86. The maximum atomic E-state index is 13.1. The third-order valence-corrected chi connectivity index (χ3v) is 7.56. The number of carbonyl (C=O) groups is 1. The summed E-state index contributed by atoms with van der Waals surface area (Å²) in [6, 6.07) is 18.5. The molecule has 1 atom stereocenters. The number of nitrogens with zero attached hydrogens (tertiary/aromatic N) is 2. The molecule has 2 aliphatic heterocycles. The number of para-hydroxylation sites is 1. The van der Waals surface area contributed by atoms with Crippen molar-refractivity contribution in [3.63, 3.8) is 0 Å². The van der Waals surface area contributed by atoms with Crippen LogP contribution in [0, 0.1) is 5.92 Å². The standard InChI is InChI=1S/C23H24N4O3S/c28-23(18-6-5-7-19(16-18)26-12-3-4-13-26)27-14-10-17(11-15-27)22-24-20-8-1-2-9-21(20)31(29,30)25-22/h1-9,12-13,16-17,22,24-25H,10-11,14-15H2. The zero-order valence-corrected chi connectivity index (χ0v) is 17.8. The number of piperidine rings is 1. The molecule has 160 valence electrons. The number of hydrogen-bond donors (Lipinski definition) is 2. The summed E-state index contributed by atoms with van der Waals surface area (Å²) in [6.07, 6.45) is 4.99. The topological polar surface area (TPSA) is 83.4 Å². The fourth-order valence-electron chi connectivity index (χ4n) is 4.39. The number of likely N-dealkylation sites (tertiary alicyclic amines) is 1. The Labute approximate surface area is 181 Å². The number of amides is 1. The normalized spacial score (nSPS) is 20.6. The van der Waals surface area contributed by atoms with Crippen LogP contribution in [0.1, 0.15) is 23.2 Å². The molecule has 3 aromatic rings. The van der Waals surface area contributed by atoms with Gasteiger partial charge in [-0.3, -0.25) is 4.79 Å². The van der Waals surface area contributed by atoms with Crippen molar-refractivity contribution >= 4 is 21.6 Å². The quantitative estimate of drug-likeness (QED) is 0.661. The van der Waals surface area contributed by atoms with Crippen molar-refractivity contribution in [1.82, 2.24) is 14.2 Å². The smallest absolute Gasteiger partial charge is 0.253 e. The van der Waals surface area contributed by atoms with Crippen LogP contribution in [0.3, 0.4) is 0 Å². The molecular weight excluding hydrogens is 412 g/mol. The summed E-state index contributed by atoms with van der Waals surface area (Å²) in [7, 11) is -3.54. The summed E-state index contributed by atoms with van der Waals surface area (Å²) in [4.78, 5) is 15.2. The lowest BCUT2D eigenvalue weighted by Crippen LogP contribution is -2.52. The van der Waals surface area contributed by atoms with Crippen LogP contribution in [0.4, 0.5) is 5.69 Å². The molecule has 8 heteroatoms. The minimum atomic E-state index is -3.54. The maximum Gasteiger partial charge on any atom is 0.253 e. The Morgan fingerprint density at radius 2 is 1.68 bits per heavy atom. The van der Waals surface area contributed by atoms with Gasteiger partial charge in [-0.15, -0.1) is 0 Å². The molecule has 0 aliphatic carbocycles. The lowest BCUT2D eigenvalue weighted by Gasteiger charge is -2.39. The fourth-order valence-corrected chi connectivity index (χ4v) is 5.77. The molecule has 1 saturated heterocycles. The van der Waals surface area contributed by atoms with E-state index in [0.717, 1.165) is 18.5 Å². The SMILES string of the molecule is O=C(c1cccc(-n2cccc2)c1)N1CCC(C2Nc3ccccc3S(=O)(=O)N2)CC1. The van der Waals surface area contributed by atoms with Gasteiger partial charge in [-0.2, -0.15) is 4.72 Å². The Morgan fingerprint density at radius 1 is 0.935 bits per heavy atom. The molecule has 1 unspecified atom stereocenters. The Hall–Kier alpha value is -3.10. The highest BCUT2D eigenvalue weighted by atomic mass is 32.2. The lowest BCUT2D eigenvalue weighted by atomic mass is 9.93. The van der Waals surface area contributed by atoms with E-state index in [2.05, 4.69) is 10.0 Å². The number of nitrogens with one attached hydrogen (secondary N) is 2. The van der Waals surface area contributed by atoms with Crippen LogP contribution in [0.2, 0.25) is 0 Å². The number of anilines is 1. The Kier molecular flexibility index (Phi) is 5.03. The number of fused-ring (bicyclic) bond motifs is 1. The molecule has 0 radical (unpaired) electrons. The minimum Gasteiger partial charge on any atom is -0.368 e. The summed E-state index contributed by atoms with van der Waals surface area (Å²) < 4.78 is 29.9. The van der Waals surface area contributed by atoms with E-state index in [1.165, 1.54) is 0 Å². The number of benzene rings is 2. The van der Waals surface area contributed by atoms with Gasteiger partial charge < -0.3 is 14.8 Å². The van der Waals surface area contributed by atoms with Crippen molar-refractivity contribution in [2.24, 2.45) is 5.92 Å². The summed E-state index contributed by atoms with van der Waals surface area (Å²) in [5.41, 5.74) is 2.24. The molecular formula is C23H24N4O3S. The highest BCUT2D eigenvalue weighted by molar-refractivity contribution is 7.89. The van der Waals surface area contributed by atoms with E-state index < -0.39 is 10.0 Å². The van der Waals surface area contributed by atoms with Crippen LogP contribution in [0.25, 0.3) is 5.69 Å². The van der Waals surface area contributed by atoms with Gasteiger partial charge in [0.05, 0.1) is 11.9 Å². The van der Waals surface area contributed by atoms with Crippen molar-refractivity contribution in [3.05, 3.63) is 78.6 Å². The molecule has 7 nitrogen and oxygen atoms in total. The van der Waals surface area contributed by atoms with Gasteiger partial charge >= 0.3 is 0 Å². The predicted molar refractivity (Wildman–Crippen MR) is 119 cm³/mol. The van der Waals surface area contributed by atoms with E-state index in [4.69, 9.17) is 0 Å². The van der Waals surface area contributed by atoms with Gasteiger partial charge in [0.15, 0.2) is 0 Å². The van der Waals surface area contributed by atoms with E-state index in [-0.39, 0.29) is 22.9 Å². The third-order valence-electron chi connectivity index (χ3n) is 6.06. The first-order valence-corrected chi connectivity index (χ1v) is 11.9. The van der Waals surface area contributed by atoms with Crippen molar-refractivity contribution in [2.45, 2.75) is 23.9 Å². The zero-order valence-electron chi connectivity index (χ0n) is 16.9. The molecule has 5 rings (SSSR count). The molecule has 31 heavy (non-hydrogen) atoms. The average molecular weight is 437 g/mol. The number of aromatic nitrogens is 1. The number of carbonyl (C=O) groups excluding carboxylic acids is 1. The molecule has 2 N–H and O–H groups in total. The molecule has 0 saturated carbocycles. The lowest BCUT2D eigenvalue weighted by molar-refractivity contribution is 0.0679. The van der Waals surface area contributed by atoms with Crippen LogP contribution < -0.4 is 10.0 Å². The van der Waals surface area contributed by atoms with Gasteiger partial charge in [-0.05, 0) is 61.2 Å². The maximum absolute atomic E-state index is 13.1. The van der Waals surface area contributed by atoms with Crippen molar-refractivity contribution in [2.75, 3.05) is 18.4 Å². The monoisotopic (exact) mass is 436 g/mol. The molecule has 1 amide bonds. The highest BCUT2D eigenvalue weighted by Crippen LogP contribution is 2.31. The van der Waals surface area contributed by atoms with Crippen LogP contribution in [0.15, 0.2) is 78.0 Å². The van der Waals surface area contributed by atoms with E-state index >= 15 is 0 Å². The molecule has 3 heterocycles. The first kappa shape index (κ1) is 19.8. The van der Waals surface area contributed by atoms with Gasteiger partial charge in [-0.1, -0.05) is 18.2 Å². The second-order valence-electron chi connectivity index (χ2n) is 8.01. The number of hydrogen-bond acceptors (Lipinski definition) is 4. The molecule has 0 spiro atoms. The number of sulfonamides is 1. The molecule has 2 aliphatic rings. The first-order valence-electron chi connectivity index (χ1n) is 10.4. The van der Waals surface area contributed by atoms with Crippen molar-refractivity contribution in [3.8, 4) is 5.69 Å².